The van der Waals surface area contributed by atoms with Gasteiger partial charge >= 0.3 is 0 Å². The van der Waals surface area contributed by atoms with Gasteiger partial charge in [0.15, 0.2) is 5.58 Å². The van der Waals surface area contributed by atoms with E-state index in [4.69, 9.17) is 16.0 Å². The van der Waals surface area contributed by atoms with E-state index in [-0.39, 0.29) is 0 Å². The molecule has 1 N–H and O–H groups in total. The van der Waals surface area contributed by atoms with Crippen LogP contribution in [-0.2, 0) is 0 Å². The van der Waals surface area contributed by atoms with Gasteiger partial charge in [0.1, 0.15) is 5.52 Å². The second-order valence-corrected chi connectivity index (χ2v) is 3.82. The minimum absolute atomic E-state index is 0.398. The molecule has 0 saturated carbocycles. The summed E-state index contributed by atoms with van der Waals surface area (Å²) in [5.41, 5.74) is 2.15. The maximum absolute atomic E-state index is 5.86. The lowest BCUT2D eigenvalue weighted by Crippen LogP contribution is -1.91. The Labute approximate surface area is 101 Å². The third-order valence-corrected chi connectivity index (χ3v) is 2.42. The van der Waals surface area contributed by atoms with E-state index in [1.165, 1.54) is 0 Å². The molecular weight excluding hydrogens is 240 g/mol. The molecule has 0 spiro atoms. The van der Waals surface area contributed by atoms with Crippen LogP contribution in [0.15, 0.2) is 41.1 Å². The third kappa shape index (κ3) is 2.05. The first-order chi connectivity index (χ1) is 8.31. The molecule has 2 heterocycles. The van der Waals surface area contributed by atoms with E-state index in [0.29, 0.717) is 16.6 Å². The van der Waals surface area contributed by atoms with Crippen LogP contribution in [0.25, 0.3) is 11.1 Å². The smallest absolute Gasteiger partial charge is 0.300 e. The first kappa shape index (κ1) is 10.0. The highest BCUT2D eigenvalue weighted by molar-refractivity contribution is 6.31. The van der Waals surface area contributed by atoms with Gasteiger partial charge in [-0.15, -0.1) is 0 Å². The van der Waals surface area contributed by atoms with Crippen molar-refractivity contribution < 1.29 is 4.42 Å². The molecule has 84 valence electrons. The predicted octanol–water partition coefficient (Wildman–Crippen LogP) is 3.01. The molecule has 0 fully saturated rings. The van der Waals surface area contributed by atoms with Gasteiger partial charge in [-0.25, -0.2) is 0 Å². The average Bonchev–Trinajstić information content (AvgIpc) is 2.71. The Balaban J connectivity index is 1.96. The molecule has 1 aromatic carbocycles. The molecule has 0 aliphatic rings. The molecule has 3 rings (SSSR count). The second kappa shape index (κ2) is 4.03. The van der Waals surface area contributed by atoms with Crippen LogP contribution in [-0.4, -0.2) is 15.2 Å². The Kier molecular flexibility index (Phi) is 2.38. The Hall–Kier alpha value is -2.14. The maximum Gasteiger partial charge on any atom is 0.300 e. The summed E-state index contributed by atoms with van der Waals surface area (Å²) in [5, 5.41) is 11.0. The van der Waals surface area contributed by atoms with Gasteiger partial charge in [0.2, 0.25) is 0 Å². The van der Waals surface area contributed by atoms with Crippen molar-refractivity contribution in [3.63, 3.8) is 0 Å². The normalized spacial score (nSPS) is 10.6. The average molecular weight is 247 g/mol. The highest BCUT2D eigenvalue weighted by Gasteiger charge is 2.06. The topological polar surface area (TPSA) is 63.8 Å². The van der Waals surface area contributed by atoms with E-state index < -0.39 is 0 Å². The number of fused-ring (bicyclic) bond motifs is 1. The van der Waals surface area contributed by atoms with E-state index in [9.17, 15) is 0 Å². The lowest BCUT2D eigenvalue weighted by molar-refractivity contribution is 0.623. The number of rotatable bonds is 2. The van der Waals surface area contributed by atoms with Crippen LogP contribution in [0.4, 0.5) is 11.7 Å². The zero-order valence-corrected chi connectivity index (χ0v) is 9.35. The lowest BCUT2D eigenvalue weighted by atomic mass is 10.3. The van der Waals surface area contributed by atoms with Gasteiger partial charge in [-0.3, -0.25) is 0 Å². The van der Waals surface area contributed by atoms with Gasteiger partial charge in [-0.2, -0.15) is 15.2 Å². The van der Waals surface area contributed by atoms with Gasteiger partial charge < -0.3 is 9.73 Å². The SMILES string of the molecule is Clc1ccc2nc(Nc3ccnnc3)oc2c1. The number of aromatic nitrogens is 3. The van der Waals surface area contributed by atoms with Crippen molar-refractivity contribution in [2.75, 3.05) is 5.32 Å². The van der Waals surface area contributed by atoms with Gasteiger partial charge in [-0.05, 0) is 18.2 Å². The first-order valence-corrected chi connectivity index (χ1v) is 5.29. The fourth-order valence-electron chi connectivity index (χ4n) is 1.44. The van der Waals surface area contributed by atoms with Crippen LogP contribution in [0.5, 0.6) is 0 Å². The number of nitrogens with one attached hydrogen (secondary N) is 1. The van der Waals surface area contributed by atoms with Crippen LogP contribution in [0.1, 0.15) is 0 Å². The fraction of sp³-hybridized carbons (Fsp3) is 0. The van der Waals surface area contributed by atoms with E-state index >= 15 is 0 Å². The van der Waals surface area contributed by atoms with Crippen LogP contribution in [0, 0.1) is 0 Å². The van der Waals surface area contributed by atoms with Crippen LogP contribution in [0.3, 0.4) is 0 Å². The Morgan fingerprint density at radius 1 is 1.18 bits per heavy atom. The second-order valence-electron chi connectivity index (χ2n) is 3.39. The van der Waals surface area contributed by atoms with Gasteiger partial charge in [0, 0.05) is 11.1 Å². The molecule has 0 amide bonds. The molecule has 3 aromatic rings. The Bertz CT molecular complexity index is 653. The molecule has 0 saturated heterocycles. The van der Waals surface area contributed by atoms with Crippen LogP contribution in [0.2, 0.25) is 5.02 Å². The summed E-state index contributed by atoms with van der Waals surface area (Å²) >= 11 is 5.86. The molecule has 17 heavy (non-hydrogen) atoms. The maximum atomic E-state index is 5.86. The molecule has 0 aliphatic heterocycles. The molecule has 0 atom stereocenters. The summed E-state index contributed by atoms with van der Waals surface area (Å²) in [6.45, 7) is 0. The molecule has 5 nitrogen and oxygen atoms in total. The summed E-state index contributed by atoms with van der Waals surface area (Å²) in [7, 11) is 0. The molecule has 6 heteroatoms. The molecule has 0 aliphatic carbocycles. The number of anilines is 2. The Morgan fingerprint density at radius 3 is 2.94 bits per heavy atom. The molecule has 0 unspecified atom stereocenters. The van der Waals surface area contributed by atoms with E-state index in [0.717, 1.165) is 11.2 Å². The zero-order valence-electron chi connectivity index (χ0n) is 8.59. The van der Waals surface area contributed by atoms with Crippen molar-refractivity contribution in [1.29, 1.82) is 0 Å². The van der Waals surface area contributed by atoms with Crippen molar-refractivity contribution >= 4 is 34.4 Å². The summed E-state index contributed by atoms with van der Waals surface area (Å²) in [6.07, 6.45) is 3.17. The summed E-state index contributed by atoms with van der Waals surface area (Å²) in [5.74, 6) is 0. The fourth-order valence-corrected chi connectivity index (χ4v) is 1.60. The highest BCUT2D eigenvalue weighted by atomic mass is 35.5. The quantitative estimate of drug-likeness (QED) is 0.753. The monoisotopic (exact) mass is 246 g/mol. The highest BCUT2D eigenvalue weighted by Crippen LogP contribution is 2.24. The van der Waals surface area contributed by atoms with E-state index in [2.05, 4.69) is 20.5 Å². The Morgan fingerprint density at radius 2 is 2.12 bits per heavy atom. The molecule has 0 bridgehead atoms. The first-order valence-electron chi connectivity index (χ1n) is 4.91. The summed E-state index contributed by atoms with van der Waals surface area (Å²) in [4.78, 5) is 4.26. The number of hydrogen-bond donors (Lipinski definition) is 1. The van der Waals surface area contributed by atoms with Gasteiger partial charge in [-0.1, -0.05) is 11.6 Å². The molecular formula is C11H7ClN4O. The number of oxazole rings is 1. The minimum Gasteiger partial charge on any atom is -0.423 e. The number of nitrogens with zero attached hydrogens (tertiary/aromatic N) is 3. The minimum atomic E-state index is 0.398. The van der Waals surface area contributed by atoms with Crippen LogP contribution >= 0.6 is 11.6 Å². The lowest BCUT2D eigenvalue weighted by Gasteiger charge is -1.97. The molecule has 0 radical (unpaired) electrons. The van der Waals surface area contributed by atoms with Crippen molar-refractivity contribution in [2.24, 2.45) is 0 Å². The van der Waals surface area contributed by atoms with Crippen molar-refractivity contribution in [2.45, 2.75) is 0 Å². The van der Waals surface area contributed by atoms with Crippen LogP contribution < -0.4 is 5.32 Å². The standard InChI is InChI=1S/C11H7ClN4O/c12-7-1-2-9-10(5-7)17-11(16-9)15-8-3-4-13-14-6-8/h1-6H,(H,13,15,16). The number of benzene rings is 1. The van der Waals surface area contributed by atoms with E-state index in [1.54, 1.807) is 36.7 Å². The number of halogens is 1. The zero-order chi connectivity index (χ0) is 11.7. The largest absolute Gasteiger partial charge is 0.423 e. The third-order valence-electron chi connectivity index (χ3n) is 2.19. The predicted molar refractivity (Wildman–Crippen MR) is 64.3 cm³/mol. The summed E-state index contributed by atoms with van der Waals surface area (Å²) in [6, 6.07) is 7.46. The van der Waals surface area contributed by atoms with Crippen molar-refractivity contribution in [3.8, 4) is 0 Å². The van der Waals surface area contributed by atoms with Crippen molar-refractivity contribution in [3.05, 3.63) is 41.7 Å². The van der Waals surface area contributed by atoms with Gasteiger partial charge in [0.25, 0.3) is 6.01 Å². The summed E-state index contributed by atoms with van der Waals surface area (Å²) < 4.78 is 5.50. The molecule has 2 aromatic heterocycles. The van der Waals surface area contributed by atoms with Crippen molar-refractivity contribution in [1.82, 2.24) is 15.2 Å². The number of hydrogen-bond acceptors (Lipinski definition) is 5. The van der Waals surface area contributed by atoms with E-state index in [1.807, 2.05) is 0 Å². The van der Waals surface area contributed by atoms with Gasteiger partial charge in [0.05, 0.1) is 18.1 Å².